The highest BCUT2D eigenvalue weighted by Gasteiger charge is 2.21. The normalized spacial score (nSPS) is 13.9. The summed E-state index contributed by atoms with van der Waals surface area (Å²) in [5, 5.41) is 19.9. The lowest BCUT2D eigenvalue weighted by atomic mass is 10.2. The van der Waals surface area contributed by atoms with Crippen molar-refractivity contribution in [3.63, 3.8) is 0 Å². The number of hydrogen-bond acceptors (Lipinski definition) is 8. The van der Waals surface area contributed by atoms with E-state index in [2.05, 4.69) is 36.8 Å². The average molecular weight is 360 g/mol. The van der Waals surface area contributed by atoms with Crippen LogP contribution in [0.25, 0.3) is 5.57 Å². The fraction of sp³-hybridized carbons (Fsp3) is 0.167. The van der Waals surface area contributed by atoms with Gasteiger partial charge in [0, 0.05) is 19.3 Å². The number of rotatable bonds is 6. The third-order valence-electron chi connectivity index (χ3n) is 3.91. The first-order valence-corrected chi connectivity index (χ1v) is 8.41. The van der Waals surface area contributed by atoms with Crippen molar-refractivity contribution in [1.29, 1.82) is 5.26 Å². The van der Waals surface area contributed by atoms with Gasteiger partial charge in [-0.15, -0.1) is 0 Å². The number of benzene rings is 1. The predicted octanol–water partition coefficient (Wildman–Crippen LogP) is 2.27. The second kappa shape index (κ2) is 7.53. The molecule has 0 saturated carbocycles. The van der Waals surface area contributed by atoms with Gasteiger partial charge in [-0.25, -0.2) is 15.0 Å². The molecule has 9 nitrogen and oxygen atoms in total. The predicted molar refractivity (Wildman–Crippen MR) is 98.4 cm³/mol. The molecule has 3 heterocycles. The largest absolute Gasteiger partial charge is 0.437 e. The van der Waals surface area contributed by atoms with Crippen molar-refractivity contribution >= 4 is 17.2 Å². The van der Waals surface area contributed by atoms with Crippen LogP contribution in [0.2, 0.25) is 0 Å². The van der Waals surface area contributed by atoms with Crippen LogP contribution in [-0.2, 0) is 6.54 Å². The molecule has 0 saturated heterocycles. The van der Waals surface area contributed by atoms with Crippen molar-refractivity contribution in [2.45, 2.75) is 13.0 Å². The van der Waals surface area contributed by atoms with E-state index < -0.39 is 0 Å². The molecule has 3 aromatic rings. The quantitative estimate of drug-likeness (QED) is 0.508. The van der Waals surface area contributed by atoms with Crippen molar-refractivity contribution in [3.05, 3.63) is 60.8 Å². The molecule has 0 aliphatic carbocycles. The first-order chi connectivity index (χ1) is 13.3. The Morgan fingerprint density at radius 2 is 2.22 bits per heavy atom. The van der Waals surface area contributed by atoms with Gasteiger partial charge in [-0.3, -0.25) is 4.68 Å². The van der Waals surface area contributed by atoms with Gasteiger partial charge in [-0.2, -0.15) is 10.4 Å². The molecular formula is C18H16N8O. The molecule has 0 amide bonds. The maximum atomic E-state index is 9.61. The van der Waals surface area contributed by atoms with Gasteiger partial charge in [-0.1, -0.05) is 12.1 Å². The van der Waals surface area contributed by atoms with Crippen molar-refractivity contribution in [2.24, 2.45) is 0 Å². The minimum atomic E-state index is 0.319. The lowest BCUT2D eigenvalue weighted by Crippen LogP contribution is -2.10. The standard InChI is InChI=1S/C18H16N8O/c19-10-13(17-24-15-4-1-2-5-16(15)27-17)14-6-8-22-18(25-14)21-7-3-9-26-12-20-11-23-26/h1-2,4-6,8,11-12,24H,3,7,9H2,(H,21,22,25)/b17-13-. The topological polar surface area (TPSA) is 114 Å². The van der Waals surface area contributed by atoms with Gasteiger partial charge >= 0.3 is 0 Å². The summed E-state index contributed by atoms with van der Waals surface area (Å²) >= 11 is 0. The van der Waals surface area contributed by atoms with E-state index in [1.165, 1.54) is 6.33 Å². The number of anilines is 2. The van der Waals surface area contributed by atoms with Crippen molar-refractivity contribution in [1.82, 2.24) is 24.7 Å². The fourth-order valence-corrected chi connectivity index (χ4v) is 2.63. The van der Waals surface area contributed by atoms with Gasteiger partial charge in [0.05, 0.1) is 11.4 Å². The molecule has 27 heavy (non-hydrogen) atoms. The molecule has 134 valence electrons. The Balaban J connectivity index is 1.45. The maximum Gasteiger partial charge on any atom is 0.223 e. The summed E-state index contributed by atoms with van der Waals surface area (Å²) in [4.78, 5) is 12.5. The van der Waals surface area contributed by atoms with Crippen LogP contribution in [0.3, 0.4) is 0 Å². The lowest BCUT2D eigenvalue weighted by Gasteiger charge is -2.07. The van der Waals surface area contributed by atoms with Crippen LogP contribution in [-0.4, -0.2) is 31.3 Å². The Kier molecular flexibility index (Phi) is 4.61. The summed E-state index contributed by atoms with van der Waals surface area (Å²) in [6.07, 6.45) is 5.63. The summed E-state index contributed by atoms with van der Waals surface area (Å²) in [5.74, 6) is 1.50. The Morgan fingerprint density at radius 3 is 3.04 bits per heavy atom. The Morgan fingerprint density at radius 1 is 1.30 bits per heavy atom. The van der Waals surface area contributed by atoms with Gasteiger partial charge in [0.25, 0.3) is 0 Å². The summed E-state index contributed by atoms with van der Waals surface area (Å²) in [6.45, 7) is 1.41. The molecule has 0 bridgehead atoms. The molecule has 2 aromatic heterocycles. The highest BCUT2D eigenvalue weighted by atomic mass is 16.5. The number of hydrogen-bond donors (Lipinski definition) is 2. The van der Waals surface area contributed by atoms with E-state index in [0.29, 0.717) is 35.4 Å². The number of fused-ring (bicyclic) bond motifs is 1. The monoisotopic (exact) mass is 360 g/mol. The fourth-order valence-electron chi connectivity index (χ4n) is 2.63. The smallest absolute Gasteiger partial charge is 0.223 e. The van der Waals surface area contributed by atoms with Crippen LogP contribution in [0.4, 0.5) is 11.6 Å². The van der Waals surface area contributed by atoms with E-state index in [9.17, 15) is 5.26 Å². The first-order valence-electron chi connectivity index (χ1n) is 8.41. The van der Waals surface area contributed by atoms with Gasteiger partial charge in [-0.05, 0) is 24.6 Å². The van der Waals surface area contributed by atoms with Gasteiger partial charge in [0.15, 0.2) is 5.75 Å². The number of nitrogens with zero attached hydrogens (tertiary/aromatic N) is 6. The molecule has 0 fully saturated rings. The second-order valence-electron chi connectivity index (χ2n) is 5.74. The van der Waals surface area contributed by atoms with Gasteiger partial charge < -0.3 is 15.4 Å². The molecule has 0 spiro atoms. The van der Waals surface area contributed by atoms with Crippen molar-refractivity contribution in [3.8, 4) is 11.8 Å². The molecule has 0 unspecified atom stereocenters. The molecule has 0 atom stereocenters. The van der Waals surface area contributed by atoms with Crippen molar-refractivity contribution in [2.75, 3.05) is 17.2 Å². The maximum absolute atomic E-state index is 9.61. The summed E-state index contributed by atoms with van der Waals surface area (Å²) < 4.78 is 7.51. The highest BCUT2D eigenvalue weighted by molar-refractivity contribution is 5.81. The van der Waals surface area contributed by atoms with Crippen LogP contribution in [0.5, 0.6) is 5.75 Å². The van der Waals surface area contributed by atoms with Crippen LogP contribution < -0.4 is 15.4 Å². The zero-order chi connectivity index (χ0) is 18.5. The van der Waals surface area contributed by atoms with Crippen LogP contribution in [0.1, 0.15) is 12.1 Å². The molecule has 1 aliphatic heterocycles. The lowest BCUT2D eigenvalue weighted by molar-refractivity contribution is 0.460. The summed E-state index contributed by atoms with van der Waals surface area (Å²) in [6, 6.07) is 11.3. The minimum absolute atomic E-state index is 0.319. The van der Waals surface area contributed by atoms with E-state index >= 15 is 0 Å². The van der Waals surface area contributed by atoms with Crippen LogP contribution in [0.15, 0.2) is 55.1 Å². The van der Waals surface area contributed by atoms with Crippen LogP contribution >= 0.6 is 0 Å². The molecule has 0 radical (unpaired) electrons. The van der Waals surface area contributed by atoms with E-state index in [4.69, 9.17) is 4.74 Å². The number of ether oxygens (including phenoxy) is 1. The first kappa shape index (κ1) is 16.5. The number of aryl methyl sites for hydroxylation is 1. The zero-order valence-electron chi connectivity index (χ0n) is 14.3. The Labute approximate surface area is 155 Å². The van der Waals surface area contributed by atoms with E-state index in [1.807, 2.05) is 24.3 Å². The van der Waals surface area contributed by atoms with E-state index in [0.717, 1.165) is 18.7 Å². The van der Waals surface area contributed by atoms with Gasteiger partial charge in [0.1, 0.15) is 24.3 Å². The molecular weight excluding hydrogens is 344 g/mol. The number of para-hydroxylation sites is 2. The molecule has 4 rings (SSSR count). The number of nitriles is 1. The third kappa shape index (κ3) is 3.69. The van der Waals surface area contributed by atoms with Gasteiger partial charge in [0.2, 0.25) is 11.8 Å². The number of aromatic nitrogens is 5. The second-order valence-corrected chi connectivity index (χ2v) is 5.74. The van der Waals surface area contributed by atoms with E-state index in [1.54, 1.807) is 23.3 Å². The highest BCUT2D eigenvalue weighted by Crippen LogP contribution is 2.35. The molecule has 9 heteroatoms. The SMILES string of the molecule is N#C/C(=C1\Nc2ccccc2O1)c1ccnc(NCCCn2cncn2)n1. The molecule has 1 aromatic carbocycles. The summed E-state index contributed by atoms with van der Waals surface area (Å²) in [5.41, 5.74) is 1.63. The Hall–Kier alpha value is -3.93. The zero-order valence-corrected chi connectivity index (χ0v) is 14.3. The number of nitrogens with one attached hydrogen (secondary N) is 2. The average Bonchev–Trinajstić information content (AvgIpc) is 3.36. The number of allylic oxidation sites excluding steroid dienone is 1. The van der Waals surface area contributed by atoms with E-state index in [-0.39, 0.29) is 0 Å². The summed E-state index contributed by atoms with van der Waals surface area (Å²) in [7, 11) is 0. The molecule has 1 aliphatic rings. The van der Waals surface area contributed by atoms with Crippen molar-refractivity contribution < 1.29 is 4.74 Å². The van der Waals surface area contributed by atoms with Crippen LogP contribution in [0, 0.1) is 11.3 Å². The third-order valence-corrected chi connectivity index (χ3v) is 3.91. The Bertz CT molecular complexity index is 979. The minimum Gasteiger partial charge on any atom is -0.437 e. The molecule has 2 N–H and O–H groups in total.